The van der Waals surface area contributed by atoms with Gasteiger partial charge in [0.1, 0.15) is 11.5 Å². The van der Waals surface area contributed by atoms with Gasteiger partial charge in [0, 0.05) is 23.0 Å². The predicted molar refractivity (Wildman–Crippen MR) is 92.8 cm³/mol. The number of phenolic OH excluding ortho intramolecular Hbond substituents is 2. The van der Waals surface area contributed by atoms with E-state index in [1.807, 2.05) is 13.8 Å². The molecule has 6 nitrogen and oxygen atoms in total. The number of hydrogen-bond donors (Lipinski definition) is 3. The molecule has 0 aromatic heterocycles. The molecular weight excluding hydrogens is 379 g/mol. The molecule has 1 atom stereocenters. The normalized spacial score (nSPS) is 26.4. The maximum atomic E-state index is 13.0. The van der Waals surface area contributed by atoms with Crippen molar-refractivity contribution < 1.29 is 37.7 Å². The maximum absolute atomic E-state index is 13.0. The van der Waals surface area contributed by atoms with Crippen LogP contribution in [0.15, 0.2) is 12.1 Å². The molecule has 0 spiro atoms. The highest BCUT2D eigenvalue weighted by molar-refractivity contribution is 5.82. The van der Waals surface area contributed by atoms with Gasteiger partial charge in [0.25, 0.3) is 0 Å². The monoisotopic (exact) mass is 403 g/mol. The van der Waals surface area contributed by atoms with Gasteiger partial charge in [0.2, 0.25) is 0 Å². The Bertz CT molecular complexity index is 783. The Balaban J connectivity index is 2.04. The summed E-state index contributed by atoms with van der Waals surface area (Å²) < 4.78 is 50.9. The summed E-state index contributed by atoms with van der Waals surface area (Å²) >= 11 is 0. The van der Waals surface area contributed by atoms with Crippen LogP contribution in [0.4, 0.5) is 13.2 Å². The second-order valence-corrected chi connectivity index (χ2v) is 8.46. The van der Waals surface area contributed by atoms with Crippen molar-refractivity contribution in [2.45, 2.75) is 57.5 Å². The second kappa shape index (κ2) is 6.52. The Kier molecular flexibility index (Phi) is 4.83. The lowest BCUT2D eigenvalue weighted by atomic mass is 9.72. The molecule has 1 aromatic rings. The smallest absolute Gasteiger partial charge is 0.471 e. The zero-order valence-electron chi connectivity index (χ0n) is 15.9. The molecule has 0 radical (unpaired) electrons. The first-order valence-corrected chi connectivity index (χ1v) is 8.99. The standard InChI is InChI=1S/C19H24F3NO5/c1-16(2)9-27-17(3,28-10-16)18(23-15(26)19(20,21)22)7-6-11-12(8-18)14(25)5-4-13(11)24/h4-5,24-25H,6-10H2,1-3H3,(H,23,26). The average molecular weight is 403 g/mol. The first-order chi connectivity index (χ1) is 12.8. The first-order valence-electron chi connectivity index (χ1n) is 8.99. The van der Waals surface area contributed by atoms with E-state index in [1.54, 1.807) is 0 Å². The van der Waals surface area contributed by atoms with Crippen LogP contribution in [0.5, 0.6) is 11.5 Å². The molecular formula is C19H24F3NO5. The van der Waals surface area contributed by atoms with E-state index in [1.165, 1.54) is 19.1 Å². The molecule has 9 heteroatoms. The summed E-state index contributed by atoms with van der Waals surface area (Å²) in [5, 5.41) is 22.4. The van der Waals surface area contributed by atoms with E-state index in [2.05, 4.69) is 5.32 Å². The third-order valence-corrected chi connectivity index (χ3v) is 5.62. The molecule has 3 rings (SSSR count). The lowest BCUT2D eigenvalue weighted by Crippen LogP contribution is -2.71. The number of halogens is 3. The first kappa shape index (κ1) is 20.7. The fourth-order valence-electron chi connectivity index (χ4n) is 3.79. The second-order valence-electron chi connectivity index (χ2n) is 8.46. The van der Waals surface area contributed by atoms with Crippen molar-refractivity contribution in [1.29, 1.82) is 0 Å². The number of amides is 1. The molecule has 1 saturated heterocycles. The van der Waals surface area contributed by atoms with Gasteiger partial charge < -0.3 is 25.0 Å². The minimum Gasteiger partial charge on any atom is -0.508 e. The number of aromatic hydroxyl groups is 2. The molecule has 1 amide bonds. The summed E-state index contributed by atoms with van der Waals surface area (Å²) in [5.41, 5.74) is -1.19. The number of alkyl halides is 3. The van der Waals surface area contributed by atoms with Gasteiger partial charge in [-0.1, -0.05) is 13.8 Å². The van der Waals surface area contributed by atoms with Crippen LogP contribution < -0.4 is 5.32 Å². The third kappa shape index (κ3) is 3.53. The Hall–Kier alpha value is -2.00. The van der Waals surface area contributed by atoms with Crippen molar-refractivity contribution in [3.05, 3.63) is 23.3 Å². The fraction of sp³-hybridized carbons (Fsp3) is 0.632. The third-order valence-electron chi connectivity index (χ3n) is 5.62. The molecule has 1 aliphatic carbocycles. The summed E-state index contributed by atoms with van der Waals surface area (Å²) in [6.45, 7) is 5.75. The number of hydrogen-bond acceptors (Lipinski definition) is 5. The van der Waals surface area contributed by atoms with Crippen LogP contribution in [0, 0.1) is 5.41 Å². The Morgan fingerprint density at radius 1 is 1.07 bits per heavy atom. The fourth-order valence-corrected chi connectivity index (χ4v) is 3.79. The maximum Gasteiger partial charge on any atom is 0.471 e. The predicted octanol–water partition coefficient (Wildman–Crippen LogP) is 2.79. The van der Waals surface area contributed by atoms with Gasteiger partial charge in [0.15, 0.2) is 5.79 Å². The van der Waals surface area contributed by atoms with Crippen molar-refractivity contribution in [1.82, 2.24) is 5.32 Å². The van der Waals surface area contributed by atoms with Gasteiger partial charge in [-0.05, 0) is 31.9 Å². The molecule has 1 aromatic carbocycles. The van der Waals surface area contributed by atoms with Crippen molar-refractivity contribution in [2.24, 2.45) is 5.41 Å². The van der Waals surface area contributed by atoms with E-state index in [0.717, 1.165) is 0 Å². The van der Waals surface area contributed by atoms with Crippen LogP contribution in [0.3, 0.4) is 0 Å². The van der Waals surface area contributed by atoms with Gasteiger partial charge in [-0.25, -0.2) is 0 Å². The van der Waals surface area contributed by atoms with E-state index in [4.69, 9.17) is 9.47 Å². The van der Waals surface area contributed by atoms with Gasteiger partial charge in [0.05, 0.1) is 18.8 Å². The van der Waals surface area contributed by atoms with Crippen molar-refractivity contribution in [2.75, 3.05) is 13.2 Å². The highest BCUT2D eigenvalue weighted by atomic mass is 19.4. The lowest BCUT2D eigenvalue weighted by molar-refractivity contribution is -0.324. The van der Waals surface area contributed by atoms with Gasteiger partial charge in [-0.2, -0.15) is 13.2 Å². The summed E-state index contributed by atoms with van der Waals surface area (Å²) in [4.78, 5) is 11.9. The van der Waals surface area contributed by atoms with Gasteiger partial charge >= 0.3 is 12.1 Å². The van der Waals surface area contributed by atoms with Crippen molar-refractivity contribution in [3.63, 3.8) is 0 Å². The number of ether oxygens (including phenoxy) is 2. The number of phenols is 2. The topological polar surface area (TPSA) is 88.0 Å². The number of rotatable bonds is 2. The minimum absolute atomic E-state index is 0.0375. The molecule has 1 aliphatic heterocycles. The SMILES string of the molecule is CC1(C)COC(C)(C2(NC(=O)C(F)(F)F)CCc3c(O)ccc(O)c3C2)OC1. The van der Waals surface area contributed by atoms with E-state index in [-0.39, 0.29) is 55.0 Å². The molecule has 3 N–H and O–H groups in total. The van der Waals surface area contributed by atoms with Gasteiger partial charge in [-0.15, -0.1) is 0 Å². The van der Waals surface area contributed by atoms with Crippen LogP contribution in [-0.2, 0) is 27.1 Å². The highest BCUT2D eigenvalue weighted by Gasteiger charge is 2.58. The Morgan fingerprint density at radius 2 is 1.61 bits per heavy atom. The Labute approximate surface area is 160 Å². The van der Waals surface area contributed by atoms with Crippen molar-refractivity contribution in [3.8, 4) is 11.5 Å². The zero-order chi connectivity index (χ0) is 21.0. The molecule has 1 heterocycles. The zero-order valence-corrected chi connectivity index (χ0v) is 15.9. The van der Waals surface area contributed by atoms with E-state index < -0.39 is 23.4 Å². The molecule has 1 unspecified atom stereocenters. The summed E-state index contributed by atoms with van der Waals surface area (Å²) in [5.74, 6) is -3.87. The summed E-state index contributed by atoms with van der Waals surface area (Å²) in [7, 11) is 0. The molecule has 28 heavy (non-hydrogen) atoms. The number of benzene rings is 1. The van der Waals surface area contributed by atoms with Crippen LogP contribution in [0.2, 0.25) is 0 Å². The molecule has 0 saturated carbocycles. The quantitative estimate of drug-likeness (QED) is 0.661. The lowest BCUT2D eigenvalue weighted by Gasteiger charge is -2.54. The molecule has 1 fully saturated rings. The largest absolute Gasteiger partial charge is 0.508 e. The number of carbonyl (C=O) groups excluding carboxylic acids is 1. The summed E-state index contributed by atoms with van der Waals surface area (Å²) in [6, 6.07) is 2.59. The molecule has 2 aliphatic rings. The molecule has 156 valence electrons. The van der Waals surface area contributed by atoms with Crippen LogP contribution >= 0.6 is 0 Å². The van der Waals surface area contributed by atoms with Crippen LogP contribution in [-0.4, -0.2) is 46.8 Å². The van der Waals surface area contributed by atoms with Crippen LogP contribution in [0.1, 0.15) is 38.3 Å². The van der Waals surface area contributed by atoms with Crippen molar-refractivity contribution >= 4 is 5.91 Å². The number of fused-ring (bicyclic) bond motifs is 1. The minimum atomic E-state index is -5.08. The van der Waals surface area contributed by atoms with E-state index in [9.17, 15) is 28.2 Å². The average Bonchev–Trinajstić information content (AvgIpc) is 2.60. The van der Waals surface area contributed by atoms with E-state index >= 15 is 0 Å². The highest BCUT2D eigenvalue weighted by Crippen LogP contribution is 2.46. The number of carbonyl (C=O) groups is 1. The van der Waals surface area contributed by atoms with E-state index in [0.29, 0.717) is 5.56 Å². The molecule has 0 bridgehead atoms. The number of nitrogens with one attached hydrogen (secondary N) is 1. The van der Waals surface area contributed by atoms with Crippen LogP contribution in [0.25, 0.3) is 0 Å². The Morgan fingerprint density at radius 3 is 2.14 bits per heavy atom. The van der Waals surface area contributed by atoms with Gasteiger partial charge in [-0.3, -0.25) is 4.79 Å². The summed E-state index contributed by atoms with van der Waals surface area (Å²) in [6.07, 6.45) is -5.09.